The third-order valence-corrected chi connectivity index (χ3v) is 3.76. The Kier molecular flexibility index (Phi) is 11.1. The molecule has 24 heavy (non-hydrogen) atoms. The lowest BCUT2D eigenvalue weighted by Gasteiger charge is -2.20. The Labute approximate surface area is 145 Å². The van der Waals surface area contributed by atoms with Gasteiger partial charge in [0.15, 0.2) is 0 Å². The quantitative estimate of drug-likeness (QED) is 0.657. The van der Waals surface area contributed by atoms with Crippen molar-refractivity contribution in [1.29, 1.82) is 0 Å². The summed E-state index contributed by atoms with van der Waals surface area (Å²) in [6.07, 6.45) is 9.22. The molecule has 0 spiro atoms. The van der Waals surface area contributed by atoms with Gasteiger partial charge in [0.1, 0.15) is 24.6 Å². The monoisotopic (exact) mass is 340 g/mol. The summed E-state index contributed by atoms with van der Waals surface area (Å²) in [4.78, 5) is 0. The Hall–Kier alpha value is -1.61. The minimum atomic E-state index is -1.30. The molecule has 136 valence electrons. The van der Waals surface area contributed by atoms with E-state index in [4.69, 9.17) is 9.84 Å². The molecule has 1 saturated heterocycles. The second kappa shape index (κ2) is 11.9. The number of terminal acetylenes is 1. The largest absolute Gasteiger partial charge is 0.490 e. The lowest BCUT2D eigenvalue weighted by molar-refractivity contribution is -0.643. The van der Waals surface area contributed by atoms with Gasteiger partial charge < -0.3 is 20.5 Å². The predicted molar refractivity (Wildman–Crippen MR) is 95.7 cm³/mol. The molecule has 0 amide bonds. The number of quaternary nitrogens is 2. The number of alkyl halides is 1. The van der Waals surface area contributed by atoms with E-state index in [1.807, 2.05) is 12.1 Å². The van der Waals surface area contributed by atoms with Crippen molar-refractivity contribution in [2.75, 3.05) is 33.9 Å². The first-order chi connectivity index (χ1) is 11.5. The van der Waals surface area contributed by atoms with Crippen LogP contribution in [-0.4, -0.2) is 44.6 Å². The van der Waals surface area contributed by atoms with Crippen molar-refractivity contribution in [1.82, 2.24) is 0 Å². The van der Waals surface area contributed by atoms with Crippen LogP contribution in [0.15, 0.2) is 18.2 Å². The third kappa shape index (κ3) is 7.31. The molecule has 1 aromatic rings. The number of hydrogen-bond acceptors (Lipinski definition) is 2. The predicted octanol–water partition coefficient (Wildman–Crippen LogP) is 0.415. The molecule has 1 aliphatic heterocycles. The van der Waals surface area contributed by atoms with E-state index >= 15 is 0 Å². The topological polar surface area (TPSA) is 62.7 Å². The van der Waals surface area contributed by atoms with Gasteiger partial charge >= 0.3 is 0 Å². The van der Waals surface area contributed by atoms with Gasteiger partial charge in [0, 0.05) is 19.4 Å². The van der Waals surface area contributed by atoms with E-state index in [2.05, 4.69) is 36.6 Å². The number of benzene rings is 1. The average Bonchev–Trinajstić information content (AvgIpc) is 3.11. The standard InChI is InChI=1S/C16H25FN2O.C2H2.CH4O/c1-16(2,17)11-20-15-6-4-5-13(14(15)10-18-3)12-7-8-19-9-12;2*1-2/h4-6,12,18-19H,7-11H2,1-3H3;1-2H;2H,1H3/p+2/t12-;;/m0../s1. The van der Waals surface area contributed by atoms with E-state index in [-0.39, 0.29) is 6.61 Å². The molecule has 0 saturated carbocycles. The molecule has 1 aromatic carbocycles. The Bertz CT molecular complexity index is 478. The SMILES string of the molecule is C#C.CO.C[NH2+]Cc1c(OCC(C)(C)F)cccc1[C@H]1CC[NH2+]C1. The van der Waals surface area contributed by atoms with Crippen LogP contribution in [0.25, 0.3) is 0 Å². The summed E-state index contributed by atoms with van der Waals surface area (Å²) in [5, 5.41) is 11.5. The van der Waals surface area contributed by atoms with Crippen molar-refractivity contribution in [3.63, 3.8) is 0 Å². The minimum Gasteiger partial charge on any atom is -0.490 e. The van der Waals surface area contributed by atoms with E-state index in [0.29, 0.717) is 5.92 Å². The molecular weight excluding hydrogens is 307 g/mol. The van der Waals surface area contributed by atoms with Gasteiger partial charge in [0.05, 0.1) is 25.7 Å². The summed E-state index contributed by atoms with van der Waals surface area (Å²) in [6, 6.07) is 6.20. The molecule has 0 aliphatic carbocycles. The van der Waals surface area contributed by atoms with Crippen LogP contribution in [0.5, 0.6) is 5.75 Å². The summed E-state index contributed by atoms with van der Waals surface area (Å²) in [5.74, 6) is 1.45. The van der Waals surface area contributed by atoms with Crippen molar-refractivity contribution >= 4 is 0 Å². The molecule has 1 fully saturated rings. The van der Waals surface area contributed by atoms with Crippen molar-refractivity contribution in [3.8, 4) is 18.6 Å². The number of nitrogens with two attached hydrogens (primary N) is 2. The van der Waals surface area contributed by atoms with Crippen molar-refractivity contribution in [2.45, 2.75) is 38.4 Å². The highest BCUT2D eigenvalue weighted by Crippen LogP contribution is 2.30. The van der Waals surface area contributed by atoms with Crippen LogP contribution < -0.4 is 15.4 Å². The maximum atomic E-state index is 13.7. The van der Waals surface area contributed by atoms with Crippen LogP contribution in [0.1, 0.15) is 37.3 Å². The second-order valence-corrected chi connectivity index (χ2v) is 6.24. The van der Waals surface area contributed by atoms with Crippen LogP contribution in [0.3, 0.4) is 0 Å². The summed E-state index contributed by atoms with van der Waals surface area (Å²) < 4.78 is 19.4. The maximum absolute atomic E-state index is 13.7. The van der Waals surface area contributed by atoms with Crippen molar-refractivity contribution in [2.24, 2.45) is 0 Å². The highest BCUT2D eigenvalue weighted by Gasteiger charge is 2.25. The number of hydrogen-bond donors (Lipinski definition) is 3. The van der Waals surface area contributed by atoms with Crippen LogP contribution in [0, 0.1) is 12.8 Å². The number of halogens is 1. The van der Waals surface area contributed by atoms with E-state index in [9.17, 15) is 4.39 Å². The van der Waals surface area contributed by atoms with E-state index < -0.39 is 5.67 Å². The molecule has 2 rings (SSSR count). The number of aliphatic hydroxyl groups is 1. The fourth-order valence-corrected chi connectivity index (χ4v) is 2.81. The van der Waals surface area contributed by atoms with Gasteiger partial charge in [-0.25, -0.2) is 4.39 Å². The fraction of sp³-hybridized carbons (Fsp3) is 0.579. The molecule has 0 unspecified atom stereocenters. The van der Waals surface area contributed by atoms with Gasteiger partial charge in [-0.15, -0.1) is 12.8 Å². The van der Waals surface area contributed by atoms with E-state index in [1.54, 1.807) is 13.8 Å². The van der Waals surface area contributed by atoms with Gasteiger partial charge in [-0.05, 0) is 25.5 Å². The molecule has 0 radical (unpaired) electrons. The summed E-state index contributed by atoms with van der Waals surface area (Å²) in [6.45, 7) is 6.43. The van der Waals surface area contributed by atoms with E-state index in [1.165, 1.54) is 24.1 Å². The zero-order chi connectivity index (χ0) is 18.6. The zero-order valence-electron chi connectivity index (χ0n) is 15.4. The highest BCUT2D eigenvalue weighted by atomic mass is 19.1. The first kappa shape index (κ1) is 22.4. The lowest BCUT2D eigenvalue weighted by Crippen LogP contribution is -2.81. The number of aliphatic hydroxyl groups excluding tert-OH is 1. The zero-order valence-corrected chi connectivity index (χ0v) is 15.4. The van der Waals surface area contributed by atoms with Gasteiger partial charge in [0.25, 0.3) is 0 Å². The average molecular weight is 340 g/mol. The molecular formula is C19H33FN2O2+2. The number of ether oxygens (including phenoxy) is 1. The Balaban J connectivity index is 0.00000123. The summed E-state index contributed by atoms with van der Waals surface area (Å²) in [5.41, 5.74) is 1.32. The van der Waals surface area contributed by atoms with Gasteiger partial charge in [-0.1, -0.05) is 12.1 Å². The van der Waals surface area contributed by atoms with Crippen molar-refractivity contribution < 1.29 is 24.9 Å². The molecule has 5 heteroatoms. The first-order valence-corrected chi connectivity index (χ1v) is 8.32. The molecule has 4 nitrogen and oxygen atoms in total. The molecule has 5 N–H and O–H groups in total. The molecule has 0 bridgehead atoms. The smallest absolute Gasteiger partial charge is 0.139 e. The summed E-state index contributed by atoms with van der Waals surface area (Å²) in [7, 11) is 3.06. The molecule has 1 atom stereocenters. The Morgan fingerprint density at radius 3 is 2.54 bits per heavy atom. The molecule has 1 aliphatic rings. The van der Waals surface area contributed by atoms with Gasteiger partial charge in [-0.2, -0.15) is 0 Å². The third-order valence-electron chi connectivity index (χ3n) is 3.76. The van der Waals surface area contributed by atoms with E-state index in [0.717, 1.165) is 25.9 Å². The van der Waals surface area contributed by atoms with Crippen LogP contribution in [0.2, 0.25) is 0 Å². The first-order valence-electron chi connectivity index (χ1n) is 8.32. The van der Waals surface area contributed by atoms with Crippen LogP contribution >= 0.6 is 0 Å². The van der Waals surface area contributed by atoms with Gasteiger partial charge in [0.2, 0.25) is 0 Å². The molecule has 1 heterocycles. The van der Waals surface area contributed by atoms with Gasteiger partial charge in [-0.3, -0.25) is 0 Å². The normalized spacial score (nSPS) is 16.4. The highest BCUT2D eigenvalue weighted by molar-refractivity contribution is 5.42. The van der Waals surface area contributed by atoms with Crippen molar-refractivity contribution in [3.05, 3.63) is 29.3 Å². The second-order valence-electron chi connectivity index (χ2n) is 6.24. The molecule has 0 aromatic heterocycles. The lowest BCUT2D eigenvalue weighted by atomic mass is 9.92. The van der Waals surface area contributed by atoms with Crippen LogP contribution in [0.4, 0.5) is 4.39 Å². The number of rotatable bonds is 6. The fourth-order valence-electron chi connectivity index (χ4n) is 2.81. The maximum Gasteiger partial charge on any atom is 0.139 e. The van der Waals surface area contributed by atoms with Crippen LogP contribution in [-0.2, 0) is 6.54 Å². The summed E-state index contributed by atoms with van der Waals surface area (Å²) >= 11 is 0. The Morgan fingerprint density at radius 1 is 1.38 bits per heavy atom. The minimum absolute atomic E-state index is 0.101. The Morgan fingerprint density at radius 2 is 2.04 bits per heavy atom.